The van der Waals surface area contributed by atoms with E-state index >= 15 is 0 Å². The Labute approximate surface area is 157 Å². The number of hydrogen-bond donors (Lipinski definition) is 1. The molecule has 0 spiro atoms. The highest BCUT2D eigenvalue weighted by Crippen LogP contribution is 2.23. The van der Waals surface area contributed by atoms with Crippen LogP contribution in [0.25, 0.3) is 0 Å². The number of carbonyl (C=O) groups excluding carboxylic acids is 1. The molecule has 1 aromatic rings. The molecule has 1 aliphatic heterocycles. The quantitative estimate of drug-likeness (QED) is 0.627. The summed E-state index contributed by atoms with van der Waals surface area (Å²) in [6.07, 6.45) is 5.87. The van der Waals surface area contributed by atoms with Crippen LogP contribution in [-0.2, 0) is 13.1 Å². The van der Waals surface area contributed by atoms with Crippen LogP contribution >= 0.6 is 0 Å². The molecular weight excluding hydrogens is 327 g/mol. The highest BCUT2D eigenvalue weighted by Gasteiger charge is 2.23. The first kappa shape index (κ1) is 21.7. The van der Waals surface area contributed by atoms with Gasteiger partial charge in [-0.25, -0.2) is 9.18 Å². The molecule has 2 rings (SSSR count). The maximum Gasteiger partial charge on any atom is 0.322 e. The summed E-state index contributed by atoms with van der Waals surface area (Å²) in [5.74, 6) is 0.140. The van der Waals surface area contributed by atoms with Crippen LogP contribution in [0.15, 0.2) is 54.8 Å². The summed E-state index contributed by atoms with van der Waals surface area (Å²) in [7, 11) is 0. The van der Waals surface area contributed by atoms with Gasteiger partial charge in [0.15, 0.2) is 0 Å². The van der Waals surface area contributed by atoms with Gasteiger partial charge in [-0.2, -0.15) is 0 Å². The molecule has 0 aliphatic carbocycles. The summed E-state index contributed by atoms with van der Waals surface area (Å²) < 4.78 is 13.2. The van der Waals surface area contributed by atoms with Crippen LogP contribution < -0.4 is 5.32 Å². The van der Waals surface area contributed by atoms with Gasteiger partial charge in [0.05, 0.1) is 0 Å². The van der Waals surface area contributed by atoms with E-state index in [0.717, 1.165) is 29.5 Å². The smallest absolute Gasteiger partial charge is 0.316 e. The number of halogens is 1. The van der Waals surface area contributed by atoms with Gasteiger partial charge in [-0.3, -0.25) is 0 Å². The van der Waals surface area contributed by atoms with Crippen LogP contribution in [0.1, 0.15) is 51.7 Å². The third kappa shape index (κ3) is 6.17. The van der Waals surface area contributed by atoms with Crippen LogP contribution in [0.2, 0.25) is 0 Å². The Morgan fingerprint density at radius 1 is 1.27 bits per heavy atom. The second kappa shape index (κ2) is 10.6. The highest BCUT2D eigenvalue weighted by molar-refractivity contribution is 5.77. The number of benzene rings is 1. The summed E-state index contributed by atoms with van der Waals surface area (Å²) >= 11 is 0. The van der Waals surface area contributed by atoms with Crippen LogP contribution in [-0.4, -0.2) is 10.9 Å². The summed E-state index contributed by atoms with van der Waals surface area (Å²) in [5.41, 5.74) is 3.38. The molecule has 0 fully saturated rings. The fraction of sp³-hybridized carbons (Fsp3) is 0.409. The van der Waals surface area contributed by atoms with Gasteiger partial charge in [0.2, 0.25) is 0 Å². The molecule has 0 radical (unpaired) electrons. The van der Waals surface area contributed by atoms with Crippen molar-refractivity contribution < 1.29 is 9.18 Å². The maximum absolute atomic E-state index is 13.2. The van der Waals surface area contributed by atoms with Gasteiger partial charge in [0, 0.05) is 18.8 Å². The third-order valence-electron chi connectivity index (χ3n) is 4.30. The lowest BCUT2D eigenvalue weighted by atomic mass is 9.97. The first-order valence-electron chi connectivity index (χ1n) is 9.29. The Balaban J connectivity index is 0.00000163. The fourth-order valence-corrected chi connectivity index (χ4v) is 2.76. The van der Waals surface area contributed by atoms with Crippen molar-refractivity contribution in [2.45, 2.75) is 53.6 Å². The molecule has 1 N–H and O–H groups in total. The minimum Gasteiger partial charge on any atom is -0.316 e. The molecule has 4 heteroatoms. The zero-order chi connectivity index (χ0) is 19.7. The molecule has 1 aliphatic rings. The summed E-state index contributed by atoms with van der Waals surface area (Å²) in [4.78, 5) is 13.9. The monoisotopic (exact) mass is 358 g/mol. The lowest BCUT2D eigenvalue weighted by Gasteiger charge is -2.16. The number of allylic oxidation sites excluding steroid dienone is 3. The van der Waals surface area contributed by atoms with Crippen molar-refractivity contribution in [3.05, 3.63) is 71.7 Å². The van der Waals surface area contributed by atoms with Gasteiger partial charge in [0.25, 0.3) is 0 Å². The predicted molar refractivity (Wildman–Crippen MR) is 107 cm³/mol. The van der Waals surface area contributed by atoms with Crippen LogP contribution in [0, 0.1) is 11.7 Å². The van der Waals surface area contributed by atoms with Crippen molar-refractivity contribution in [1.82, 2.24) is 10.2 Å². The predicted octanol–water partition coefficient (Wildman–Crippen LogP) is 5.94. The van der Waals surface area contributed by atoms with E-state index in [4.69, 9.17) is 0 Å². The number of nitrogens with zero attached hydrogens (tertiary/aromatic N) is 1. The molecular formula is C22H31FN2O. The Morgan fingerprint density at radius 3 is 2.58 bits per heavy atom. The van der Waals surface area contributed by atoms with Gasteiger partial charge in [-0.15, -0.1) is 0 Å². The van der Waals surface area contributed by atoms with E-state index in [-0.39, 0.29) is 11.8 Å². The SMILES string of the molecule is C=C(/C=C\C(=C)C(C)CCC)NC(=O)N1Cc2ccc(F)cc2C1.CC. The Hall–Kier alpha value is -2.36. The molecule has 142 valence electrons. The standard InChI is InChI=1S/C20H25FN2O.C2H6/c1-5-6-14(2)15(3)7-8-16(4)22-20(24)23-12-17-9-10-19(21)11-18(17)13-23;1-2/h7-11,14H,3-6,12-13H2,1-2H3,(H,22,24);1-2H3/b8-7-;. The molecule has 26 heavy (non-hydrogen) atoms. The number of fused-ring (bicyclic) bond motifs is 1. The van der Waals surface area contributed by atoms with E-state index in [2.05, 4.69) is 32.3 Å². The van der Waals surface area contributed by atoms with Crippen LogP contribution in [0.4, 0.5) is 9.18 Å². The average Bonchev–Trinajstić information content (AvgIpc) is 3.04. The van der Waals surface area contributed by atoms with E-state index in [9.17, 15) is 9.18 Å². The van der Waals surface area contributed by atoms with Gasteiger partial charge >= 0.3 is 6.03 Å². The minimum atomic E-state index is -0.275. The van der Waals surface area contributed by atoms with Crippen molar-refractivity contribution >= 4 is 6.03 Å². The minimum absolute atomic E-state index is 0.228. The molecule has 1 atom stereocenters. The van der Waals surface area contributed by atoms with Crippen molar-refractivity contribution in [3.63, 3.8) is 0 Å². The van der Waals surface area contributed by atoms with Gasteiger partial charge in [0.1, 0.15) is 5.82 Å². The largest absolute Gasteiger partial charge is 0.322 e. The molecule has 0 saturated carbocycles. The number of carbonyl (C=O) groups is 1. The number of rotatable bonds is 6. The molecule has 2 amide bonds. The average molecular weight is 359 g/mol. The van der Waals surface area contributed by atoms with E-state index < -0.39 is 0 Å². The number of urea groups is 1. The molecule has 1 heterocycles. The maximum atomic E-state index is 13.2. The second-order valence-electron chi connectivity index (χ2n) is 6.32. The summed E-state index contributed by atoms with van der Waals surface area (Å²) in [6, 6.07) is 4.40. The fourth-order valence-electron chi connectivity index (χ4n) is 2.76. The van der Waals surface area contributed by atoms with Crippen LogP contribution in [0.5, 0.6) is 0 Å². The first-order valence-corrected chi connectivity index (χ1v) is 9.29. The Bertz CT molecular complexity index is 679. The van der Waals surface area contributed by atoms with Gasteiger partial charge < -0.3 is 10.2 Å². The van der Waals surface area contributed by atoms with Gasteiger partial charge in [-0.05, 0) is 41.7 Å². The second-order valence-corrected chi connectivity index (χ2v) is 6.32. The molecule has 3 nitrogen and oxygen atoms in total. The Morgan fingerprint density at radius 2 is 1.92 bits per heavy atom. The van der Waals surface area contributed by atoms with Crippen molar-refractivity contribution in [1.29, 1.82) is 0 Å². The van der Waals surface area contributed by atoms with Crippen molar-refractivity contribution in [3.8, 4) is 0 Å². The highest BCUT2D eigenvalue weighted by atomic mass is 19.1. The zero-order valence-corrected chi connectivity index (χ0v) is 16.4. The topological polar surface area (TPSA) is 32.3 Å². The zero-order valence-electron chi connectivity index (χ0n) is 16.4. The first-order chi connectivity index (χ1) is 12.4. The lowest BCUT2D eigenvalue weighted by molar-refractivity contribution is 0.201. The Kier molecular flexibility index (Phi) is 8.83. The number of nitrogens with one attached hydrogen (secondary N) is 1. The summed E-state index contributed by atoms with van der Waals surface area (Å²) in [5, 5.41) is 2.77. The van der Waals surface area contributed by atoms with Crippen LogP contribution in [0.3, 0.4) is 0 Å². The van der Waals surface area contributed by atoms with Crippen molar-refractivity contribution in [2.75, 3.05) is 0 Å². The molecule has 0 bridgehead atoms. The van der Waals surface area contributed by atoms with E-state index in [1.54, 1.807) is 17.0 Å². The normalized spacial score (nSPS) is 13.7. The van der Waals surface area contributed by atoms with Gasteiger partial charge in [-0.1, -0.05) is 65.0 Å². The van der Waals surface area contributed by atoms with E-state index in [1.807, 2.05) is 19.9 Å². The molecule has 1 unspecified atom stereocenters. The number of hydrogen-bond acceptors (Lipinski definition) is 1. The third-order valence-corrected chi connectivity index (χ3v) is 4.30. The number of amides is 2. The van der Waals surface area contributed by atoms with E-state index in [0.29, 0.717) is 24.7 Å². The van der Waals surface area contributed by atoms with E-state index in [1.165, 1.54) is 12.1 Å². The molecule has 0 saturated heterocycles. The van der Waals surface area contributed by atoms with Crippen molar-refractivity contribution in [2.24, 2.45) is 5.92 Å². The summed E-state index contributed by atoms with van der Waals surface area (Å²) in [6.45, 7) is 17.1. The molecule has 1 aromatic carbocycles. The molecule has 0 aromatic heterocycles. The lowest BCUT2D eigenvalue weighted by Crippen LogP contribution is -2.35.